The van der Waals surface area contributed by atoms with Crippen LogP contribution in [-0.4, -0.2) is 63.3 Å². The van der Waals surface area contributed by atoms with Gasteiger partial charge in [0.15, 0.2) is 5.96 Å². The molecule has 2 N–H and O–H groups in total. The van der Waals surface area contributed by atoms with Crippen LogP contribution in [0.4, 0.5) is 0 Å². The van der Waals surface area contributed by atoms with Crippen LogP contribution in [0.25, 0.3) is 0 Å². The van der Waals surface area contributed by atoms with Gasteiger partial charge in [0.25, 0.3) is 0 Å². The number of guanidine groups is 1. The van der Waals surface area contributed by atoms with Gasteiger partial charge in [-0.15, -0.1) is 0 Å². The monoisotopic (exact) mass is 310 g/mol. The van der Waals surface area contributed by atoms with Gasteiger partial charge in [-0.2, -0.15) is 0 Å². The summed E-state index contributed by atoms with van der Waals surface area (Å²) in [5.74, 6) is 2.68. The molecular formula is C17H34N4O. The third-order valence-corrected chi connectivity index (χ3v) is 4.81. The second-order valence-electron chi connectivity index (χ2n) is 6.73. The standard InChI is InChI=1S/C17H34N4O/c1-3-18-17(19-8-9-21-10-12-22-13-11-21)20-14-16-6-4-15(2)5-7-16/h15-16H,3-14H2,1-2H3,(H2,18,19,20). The Kier molecular flexibility index (Phi) is 8.02. The molecule has 1 aliphatic heterocycles. The summed E-state index contributed by atoms with van der Waals surface area (Å²) in [5.41, 5.74) is 0. The third-order valence-electron chi connectivity index (χ3n) is 4.81. The summed E-state index contributed by atoms with van der Waals surface area (Å²) in [4.78, 5) is 7.24. The molecule has 1 aliphatic carbocycles. The van der Waals surface area contributed by atoms with Gasteiger partial charge in [-0.25, -0.2) is 0 Å². The Balaban J connectivity index is 1.67. The van der Waals surface area contributed by atoms with E-state index in [1.807, 2.05) is 0 Å². The Morgan fingerprint density at radius 2 is 1.86 bits per heavy atom. The number of hydrogen-bond donors (Lipinski definition) is 2. The second kappa shape index (κ2) is 10.1. The Morgan fingerprint density at radius 3 is 2.55 bits per heavy atom. The molecule has 0 aromatic heterocycles. The topological polar surface area (TPSA) is 48.9 Å². The molecule has 5 heteroatoms. The first-order valence-corrected chi connectivity index (χ1v) is 9.10. The number of nitrogens with zero attached hydrogens (tertiary/aromatic N) is 2. The van der Waals surface area contributed by atoms with E-state index in [0.717, 1.165) is 70.3 Å². The van der Waals surface area contributed by atoms with Crippen LogP contribution in [0.3, 0.4) is 0 Å². The first kappa shape index (κ1) is 17.5. The van der Waals surface area contributed by atoms with E-state index in [4.69, 9.17) is 9.73 Å². The molecule has 0 aromatic rings. The quantitative estimate of drug-likeness (QED) is 0.579. The van der Waals surface area contributed by atoms with Gasteiger partial charge in [0.1, 0.15) is 0 Å². The van der Waals surface area contributed by atoms with Crippen molar-refractivity contribution >= 4 is 5.96 Å². The van der Waals surface area contributed by atoms with Crippen molar-refractivity contribution in [2.45, 2.75) is 39.5 Å². The number of aliphatic imine (C=N–C) groups is 1. The van der Waals surface area contributed by atoms with Crippen molar-refractivity contribution < 1.29 is 4.74 Å². The molecule has 0 radical (unpaired) electrons. The lowest BCUT2D eigenvalue weighted by atomic mass is 9.83. The van der Waals surface area contributed by atoms with Gasteiger partial charge in [-0.1, -0.05) is 19.8 Å². The highest BCUT2D eigenvalue weighted by molar-refractivity contribution is 5.79. The number of hydrogen-bond acceptors (Lipinski definition) is 3. The Labute approximate surface area is 135 Å². The zero-order valence-electron chi connectivity index (χ0n) is 14.4. The van der Waals surface area contributed by atoms with E-state index < -0.39 is 0 Å². The third kappa shape index (κ3) is 6.53. The molecule has 1 heterocycles. The fourth-order valence-electron chi connectivity index (χ4n) is 3.23. The van der Waals surface area contributed by atoms with Gasteiger partial charge >= 0.3 is 0 Å². The lowest BCUT2D eigenvalue weighted by molar-refractivity contribution is 0.0389. The lowest BCUT2D eigenvalue weighted by Crippen LogP contribution is -2.44. The minimum atomic E-state index is 0.783. The maximum Gasteiger partial charge on any atom is 0.191 e. The van der Waals surface area contributed by atoms with E-state index >= 15 is 0 Å². The van der Waals surface area contributed by atoms with Crippen LogP contribution in [0, 0.1) is 11.8 Å². The van der Waals surface area contributed by atoms with Crippen LogP contribution >= 0.6 is 0 Å². The average Bonchev–Trinajstić information content (AvgIpc) is 2.55. The van der Waals surface area contributed by atoms with E-state index in [1.165, 1.54) is 25.7 Å². The molecule has 1 saturated heterocycles. The van der Waals surface area contributed by atoms with Crippen molar-refractivity contribution in [2.24, 2.45) is 16.8 Å². The maximum atomic E-state index is 5.38. The molecule has 0 unspecified atom stereocenters. The molecule has 2 fully saturated rings. The molecule has 128 valence electrons. The minimum Gasteiger partial charge on any atom is -0.379 e. The first-order valence-electron chi connectivity index (χ1n) is 9.10. The molecule has 0 aromatic carbocycles. The van der Waals surface area contributed by atoms with Crippen molar-refractivity contribution in [2.75, 3.05) is 52.5 Å². The number of nitrogens with one attached hydrogen (secondary N) is 2. The van der Waals surface area contributed by atoms with E-state index in [2.05, 4.69) is 29.4 Å². The van der Waals surface area contributed by atoms with Gasteiger partial charge in [0, 0.05) is 39.3 Å². The molecule has 1 saturated carbocycles. The predicted molar refractivity (Wildman–Crippen MR) is 92.4 cm³/mol. The summed E-state index contributed by atoms with van der Waals surface area (Å²) in [5, 5.41) is 6.84. The van der Waals surface area contributed by atoms with Crippen LogP contribution < -0.4 is 10.6 Å². The van der Waals surface area contributed by atoms with Crippen molar-refractivity contribution in [1.82, 2.24) is 15.5 Å². The highest BCUT2D eigenvalue weighted by Gasteiger charge is 2.17. The first-order chi connectivity index (χ1) is 10.8. The summed E-state index contributed by atoms with van der Waals surface area (Å²) in [6.07, 6.45) is 5.44. The van der Waals surface area contributed by atoms with Gasteiger partial charge in [-0.3, -0.25) is 9.89 Å². The zero-order chi connectivity index (χ0) is 15.6. The minimum absolute atomic E-state index is 0.783. The van der Waals surface area contributed by atoms with Crippen LogP contribution in [0.1, 0.15) is 39.5 Å². The van der Waals surface area contributed by atoms with Crippen LogP contribution in [0.2, 0.25) is 0 Å². The zero-order valence-corrected chi connectivity index (χ0v) is 14.4. The molecule has 2 rings (SSSR count). The molecule has 22 heavy (non-hydrogen) atoms. The summed E-state index contributed by atoms with van der Waals surface area (Å²) in [6, 6.07) is 0. The number of ether oxygens (including phenoxy) is 1. The molecule has 2 aliphatic rings. The fraction of sp³-hybridized carbons (Fsp3) is 0.941. The van der Waals surface area contributed by atoms with E-state index in [1.54, 1.807) is 0 Å². The van der Waals surface area contributed by atoms with E-state index in [9.17, 15) is 0 Å². The molecular weight excluding hydrogens is 276 g/mol. The summed E-state index contributed by atoms with van der Waals surface area (Å²) >= 11 is 0. The lowest BCUT2D eigenvalue weighted by Gasteiger charge is -2.27. The number of rotatable bonds is 6. The van der Waals surface area contributed by atoms with Crippen molar-refractivity contribution in [1.29, 1.82) is 0 Å². The van der Waals surface area contributed by atoms with Gasteiger partial charge < -0.3 is 15.4 Å². The summed E-state index contributed by atoms with van der Waals surface area (Å²) in [7, 11) is 0. The highest BCUT2D eigenvalue weighted by atomic mass is 16.5. The normalized spacial score (nSPS) is 27.6. The van der Waals surface area contributed by atoms with E-state index in [-0.39, 0.29) is 0 Å². The second-order valence-corrected chi connectivity index (χ2v) is 6.73. The van der Waals surface area contributed by atoms with Crippen LogP contribution in [-0.2, 0) is 4.74 Å². The molecule has 0 bridgehead atoms. The van der Waals surface area contributed by atoms with E-state index in [0.29, 0.717) is 0 Å². The average molecular weight is 310 g/mol. The Bertz CT molecular complexity index is 321. The smallest absolute Gasteiger partial charge is 0.191 e. The SMILES string of the molecule is CCNC(=NCC1CCC(C)CC1)NCCN1CCOCC1. The number of morpholine rings is 1. The van der Waals surface area contributed by atoms with Crippen molar-refractivity contribution in [3.8, 4) is 0 Å². The molecule has 0 atom stereocenters. The Morgan fingerprint density at radius 1 is 1.14 bits per heavy atom. The van der Waals surface area contributed by atoms with Crippen LogP contribution in [0.15, 0.2) is 4.99 Å². The molecule has 5 nitrogen and oxygen atoms in total. The van der Waals surface area contributed by atoms with Gasteiger partial charge in [-0.05, 0) is 31.6 Å². The fourth-order valence-corrected chi connectivity index (χ4v) is 3.23. The molecule has 0 amide bonds. The van der Waals surface area contributed by atoms with Crippen LogP contribution in [0.5, 0.6) is 0 Å². The highest BCUT2D eigenvalue weighted by Crippen LogP contribution is 2.28. The van der Waals surface area contributed by atoms with Crippen molar-refractivity contribution in [3.05, 3.63) is 0 Å². The van der Waals surface area contributed by atoms with Gasteiger partial charge in [0.2, 0.25) is 0 Å². The molecule has 0 spiro atoms. The van der Waals surface area contributed by atoms with Gasteiger partial charge in [0.05, 0.1) is 13.2 Å². The summed E-state index contributed by atoms with van der Waals surface area (Å²) < 4.78 is 5.38. The summed E-state index contributed by atoms with van der Waals surface area (Å²) in [6.45, 7) is 12.2. The van der Waals surface area contributed by atoms with Crippen molar-refractivity contribution in [3.63, 3.8) is 0 Å². The Hall–Kier alpha value is -0.810. The predicted octanol–water partition coefficient (Wildman–Crippen LogP) is 1.70. The largest absolute Gasteiger partial charge is 0.379 e. The maximum absolute atomic E-state index is 5.38.